The van der Waals surface area contributed by atoms with Gasteiger partial charge >= 0.3 is 0 Å². The highest BCUT2D eigenvalue weighted by molar-refractivity contribution is 8.03. The molecule has 0 fully saturated rings. The summed E-state index contributed by atoms with van der Waals surface area (Å²) in [7, 11) is 0. The number of aryl methyl sites for hydroxylation is 1. The first kappa shape index (κ1) is 20.9. The van der Waals surface area contributed by atoms with Gasteiger partial charge in [-0.2, -0.15) is 5.10 Å². The molecule has 0 bridgehead atoms. The Kier molecular flexibility index (Phi) is 7.90. The third kappa shape index (κ3) is 6.94. The van der Waals surface area contributed by atoms with Gasteiger partial charge in [0.25, 0.3) is 5.91 Å². The van der Waals surface area contributed by atoms with Gasteiger partial charge in [-0.25, -0.2) is 5.43 Å². The summed E-state index contributed by atoms with van der Waals surface area (Å²) in [5, 5.41) is 13.0. The summed E-state index contributed by atoms with van der Waals surface area (Å²) in [4.78, 5) is 11.9. The smallest absolute Gasteiger partial charge is 0.250 e. The maximum atomic E-state index is 11.9. The second-order valence-corrected chi connectivity index (χ2v) is 9.60. The summed E-state index contributed by atoms with van der Waals surface area (Å²) in [6.45, 7) is 2.01. The fourth-order valence-electron chi connectivity index (χ4n) is 2.13. The Labute approximate surface area is 181 Å². The van der Waals surface area contributed by atoms with E-state index in [9.17, 15) is 4.79 Å². The van der Waals surface area contributed by atoms with Gasteiger partial charge in [0.05, 0.1) is 12.0 Å². The Bertz CT molecular complexity index is 960. The molecule has 5 nitrogen and oxygen atoms in total. The molecule has 1 aromatic heterocycles. The maximum absolute atomic E-state index is 11.9. The van der Waals surface area contributed by atoms with Crippen LogP contribution in [-0.2, 0) is 10.5 Å². The van der Waals surface area contributed by atoms with Crippen molar-refractivity contribution in [2.24, 2.45) is 5.10 Å². The molecule has 0 atom stereocenters. The molecule has 1 amide bonds. The third-order valence-corrected chi connectivity index (χ3v) is 6.95. The number of hydrazone groups is 1. The zero-order valence-corrected chi connectivity index (χ0v) is 18.2. The summed E-state index contributed by atoms with van der Waals surface area (Å²) in [5.41, 5.74) is 5.79. The van der Waals surface area contributed by atoms with Gasteiger partial charge in [-0.1, -0.05) is 88.4 Å². The molecule has 0 aliphatic carbocycles. The summed E-state index contributed by atoms with van der Waals surface area (Å²) >= 11 is 10.3. The number of carbonyl (C=O) groups excluding carboxylic acids is 1. The van der Waals surface area contributed by atoms with Crippen LogP contribution in [0.15, 0.2) is 62.3 Å². The molecule has 0 aliphatic heterocycles. The first-order valence-corrected chi connectivity index (χ1v) is 11.5. The second kappa shape index (κ2) is 10.6. The summed E-state index contributed by atoms with van der Waals surface area (Å²) in [6.07, 6.45) is 1.63. The van der Waals surface area contributed by atoms with Crippen LogP contribution in [0.4, 0.5) is 0 Å². The Morgan fingerprint density at radius 2 is 1.93 bits per heavy atom. The quantitative estimate of drug-likeness (QED) is 0.297. The van der Waals surface area contributed by atoms with Crippen LogP contribution in [0.5, 0.6) is 0 Å². The molecule has 28 heavy (non-hydrogen) atoms. The zero-order valence-electron chi connectivity index (χ0n) is 15.0. The van der Waals surface area contributed by atoms with Crippen LogP contribution < -0.4 is 5.43 Å². The Hall–Kier alpha value is -1.87. The van der Waals surface area contributed by atoms with E-state index in [1.165, 1.54) is 28.7 Å². The van der Waals surface area contributed by atoms with E-state index in [0.29, 0.717) is 0 Å². The minimum atomic E-state index is -0.181. The lowest BCUT2D eigenvalue weighted by molar-refractivity contribution is -0.118. The Morgan fingerprint density at radius 1 is 1.18 bits per heavy atom. The number of aromatic nitrogens is 2. The Balaban J connectivity index is 1.41. The molecule has 1 heterocycles. The molecule has 0 aliphatic rings. The van der Waals surface area contributed by atoms with Gasteiger partial charge in [-0.05, 0) is 30.2 Å². The lowest BCUT2D eigenvalue weighted by atomic mass is 10.2. The van der Waals surface area contributed by atoms with Crippen molar-refractivity contribution in [2.45, 2.75) is 21.4 Å². The van der Waals surface area contributed by atoms with Crippen LogP contribution in [0.25, 0.3) is 0 Å². The fraction of sp³-hybridized carbons (Fsp3) is 0.158. The van der Waals surface area contributed by atoms with Crippen molar-refractivity contribution >= 4 is 58.6 Å². The van der Waals surface area contributed by atoms with Gasteiger partial charge in [0.15, 0.2) is 8.68 Å². The standard InChI is InChI=1S/C19H17ClN4OS3/c1-13-3-2-4-15(9-13)10-21-22-17(25)12-27-19-24-23-18(28-19)26-11-14-5-7-16(20)8-6-14/h2-10H,11-12H2,1H3,(H,22,25). The zero-order chi connectivity index (χ0) is 19.8. The molecule has 0 unspecified atom stereocenters. The predicted molar refractivity (Wildman–Crippen MR) is 119 cm³/mol. The average Bonchev–Trinajstić information content (AvgIpc) is 3.14. The van der Waals surface area contributed by atoms with Crippen molar-refractivity contribution in [3.63, 3.8) is 0 Å². The first-order chi connectivity index (χ1) is 13.6. The van der Waals surface area contributed by atoms with Gasteiger partial charge in [0.1, 0.15) is 0 Å². The molecule has 0 saturated heterocycles. The molecular formula is C19H17ClN4OS3. The van der Waals surface area contributed by atoms with Crippen LogP contribution >= 0.6 is 46.5 Å². The topological polar surface area (TPSA) is 67.2 Å². The van der Waals surface area contributed by atoms with Gasteiger partial charge in [0.2, 0.25) is 0 Å². The van der Waals surface area contributed by atoms with E-state index in [0.717, 1.165) is 30.6 Å². The molecule has 0 radical (unpaired) electrons. The van der Waals surface area contributed by atoms with Crippen LogP contribution in [0.2, 0.25) is 5.02 Å². The highest BCUT2D eigenvalue weighted by atomic mass is 35.5. The average molecular weight is 449 g/mol. The molecule has 2 aromatic carbocycles. The van der Waals surface area contributed by atoms with Crippen molar-refractivity contribution in [1.82, 2.24) is 15.6 Å². The normalized spacial score (nSPS) is 11.1. The molecule has 1 N–H and O–H groups in total. The van der Waals surface area contributed by atoms with E-state index in [1.54, 1.807) is 18.0 Å². The van der Waals surface area contributed by atoms with E-state index in [-0.39, 0.29) is 11.7 Å². The summed E-state index contributed by atoms with van der Waals surface area (Å²) in [5.74, 6) is 0.853. The fourth-order valence-corrected chi connectivity index (χ4v) is 5.02. The van der Waals surface area contributed by atoms with Crippen molar-refractivity contribution < 1.29 is 4.79 Å². The number of thioether (sulfide) groups is 2. The highest BCUT2D eigenvalue weighted by Gasteiger charge is 2.08. The third-order valence-electron chi connectivity index (χ3n) is 3.44. The van der Waals surface area contributed by atoms with Crippen molar-refractivity contribution in [1.29, 1.82) is 0 Å². The number of rotatable bonds is 8. The highest BCUT2D eigenvalue weighted by Crippen LogP contribution is 2.30. The summed E-state index contributed by atoms with van der Waals surface area (Å²) in [6, 6.07) is 15.6. The molecule has 144 valence electrons. The number of carbonyl (C=O) groups is 1. The SMILES string of the molecule is Cc1cccc(C=NNC(=O)CSc2nnc(SCc3ccc(Cl)cc3)s2)c1. The predicted octanol–water partition coefficient (Wildman–Crippen LogP) is 5.03. The number of nitrogens with zero attached hydrogens (tertiary/aromatic N) is 3. The van der Waals surface area contributed by atoms with Crippen LogP contribution in [-0.4, -0.2) is 28.1 Å². The van der Waals surface area contributed by atoms with E-state index in [1.807, 2.05) is 55.5 Å². The number of hydrogen-bond acceptors (Lipinski definition) is 7. The second-order valence-electron chi connectivity index (χ2n) is 5.75. The first-order valence-electron chi connectivity index (χ1n) is 8.30. The Morgan fingerprint density at radius 3 is 2.68 bits per heavy atom. The monoisotopic (exact) mass is 448 g/mol. The van der Waals surface area contributed by atoms with E-state index < -0.39 is 0 Å². The van der Waals surface area contributed by atoms with Gasteiger partial charge in [0, 0.05) is 10.8 Å². The molecule has 3 aromatic rings. The van der Waals surface area contributed by atoms with Crippen molar-refractivity contribution in [2.75, 3.05) is 5.75 Å². The molecule has 0 spiro atoms. The minimum absolute atomic E-state index is 0.181. The minimum Gasteiger partial charge on any atom is -0.272 e. The van der Waals surface area contributed by atoms with Crippen LogP contribution in [0.3, 0.4) is 0 Å². The van der Waals surface area contributed by atoms with Crippen molar-refractivity contribution in [3.05, 3.63) is 70.2 Å². The molecular weight excluding hydrogens is 432 g/mol. The van der Waals surface area contributed by atoms with E-state index in [2.05, 4.69) is 20.7 Å². The molecule has 0 saturated carbocycles. The molecule has 3 rings (SSSR count). The van der Waals surface area contributed by atoms with Crippen LogP contribution in [0, 0.1) is 6.92 Å². The summed E-state index contributed by atoms with van der Waals surface area (Å²) < 4.78 is 1.63. The van der Waals surface area contributed by atoms with Gasteiger partial charge in [-0.3, -0.25) is 4.79 Å². The maximum Gasteiger partial charge on any atom is 0.250 e. The number of nitrogens with one attached hydrogen (secondary N) is 1. The largest absolute Gasteiger partial charge is 0.272 e. The number of halogens is 1. The van der Waals surface area contributed by atoms with Crippen molar-refractivity contribution in [3.8, 4) is 0 Å². The lowest BCUT2D eigenvalue weighted by Crippen LogP contribution is -2.19. The number of benzene rings is 2. The van der Waals surface area contributed by atoms with Crippen LogP contribution in [0.1, 0.15) is 16.7 Å². The molecule has 9 heteroatoms. The van der Waals surface area contributed by atoms with E-state index in [4.69, 9.17) is 11.6 Å². The number of hydrogen-bond donors (Lipinski definition) is 1. The lowest BCUT2D eigenvalue weighted by Gasteiger charge is -1.98. The van der Waals surface area contributed by atoms with E-state index >= 15 is 0 Å². The van der Waals surface area contributed by atoms with Gasteiger partial charge in [-0.15, -0.1) is 10.2 Å². The van der Waals surface area contributed by atoms with Gasteiger partial charge < -0.3 is 0 Å². The number of amides is 1.